The fourth-order valence-electron chi connectivity index (χ4n) is 1.59. The lowest BCUT2D eigenvalue weighted by Crippen LogP contribution is -2.17. The van der Waals surface area contributed by atoms with Crippen LogP contribution in [-0.4, -0.2) is 19.2 Å². The molecule has 21 heavy (non-hydrogen) atoms. The first kappa shape index (κ1) is 14.5. The zero-order valence-corrected chi connectivity index (χ0v) is 11.1. The molecule has 108 valence electrons. The van der Waals surface area contributed by atoms with Gasteiger partial charge in [-0.2, -0.15) is 0 Å². The summed E-state index contributed by atoms with van der Waals surface area (Å²) in [6, 6.07) is 11.9. The quantitative estimate of drug-likeness (QED) is 0.881. The third kappa shape index (κ3) is 3.79. The molecule has 6 heteroatoms. The van der Waals surface area contributed by atoms with Crippen molar-refractivity contribution in [1.82, 2.24) is 0 Å². The molecule has 0 fully saturated rings. The largest absolute Gasteiger partial charge is 0.465 e. The molecule has 0 aliphatic carbocycles. The number of halogens is 1. The maximum Gasteiger partial charge on any atom is 0.417 e. The number of carbonyl (C=O) groups is 2. The summed E-state index contributed by atoms with van der Waals surface area (Å²) in [7, 11) is 1.20. The van der Waals surface area contributed by atoms with Crippen molar-refractivity contribution in [1.29, 1.82) is 0 Å². The number of ether oxygens (including phenoxy) is 2. The van der Waals surface area contributed by atoms with Gasteiger partial charge in [0.25, 0.3) is 0 Å². The Bertz CT molecular complexity index is 658. The molecule has 2 aromatic rings. The minimum atomic E-state index is -0.828. The minimum absolute atomic E-state index is 0.0528. The first-order valence-electron chi connectivity index (χ1n) is 6.02. The van der Waals surface area contributed by atoms with Crippen molar-refractivity contribution in [2.45, 2.75) is 0 Å². The second-order valence-electron chi connectivity index (χ2n) is 4.01. The Kier molecular flexibility index (Phi) is 4.50. The van der Waals surface area contributed by atoms with E-state index in [1.807, 2.05) is 0 Å². The Morgan fingerprint density at radius 2 is 1.81 bits per heavy atom. The van der Waals surface area contributed by atoms with Crippen LogP contribution in [0.1, 0.15) is 10.4 Å². The SMILES string of the molecule is COC(=O)c1ccc(NC(=O)Oc2ccccc2)c(F)c1. The predicted octanol–water partition coefficient (Wildman–Crippen LogP) is 3.22. The van der Waals surface area contributed by atoms with Gasteiger partial charge in [-0.05, 0) is 30.3 Å². The zero-order chi connectivity index (χ0) is 15.2. The molecule has 0 bridgehead atoms. The van der Waals surface area contributed by atoms with Crippen LogP contribution in [0.5, 0.6) is 5.75 Å². The Hall–Kier alpha value is -2.89. The van der Waals surface area contributed by atoms with E-state index in [2.05, 4.69) is 10.1 Å². The molecule has 0 aliphatic rings. The van der Waals surface area contributed by atoms with Gasteiger partial charge in [0.1, 0.15) is 11.6 Å². The lowest BCUT2D eigenvalue weighted by molar-refractivity contribution is 0.0600. The van der Waals surface area contributed by atoms with E-state index in [0.29, 0.717) is 5.75 Å². The van der Waals surface area contributed by atoms with E-state index in [-0.39, 0.29) is 11.3 Å². The molecule has 0 spiro atoms. The van der Waals surface area contributed by atoms with Crippen LogP contribution in [0, 0.1) is 5.82 Å². The third-order valence-electron chi connectivity index (χ3n) is 2.58. The van der Waals surface area contributed by atoms with Gasteiger partial charge >= 0.3 is 12.1 Å². The van der Waals surface area contributed by atoms with E-state index < -0.39 is 17.9 Å². The number of carbonyl (C=O) groups excluding carboxylic acids is 2. The summed E-state index contributed by atoms with van der Waals surface area (Å²) >= 11 is 0. The molecule has 5 nitrogen and oxygen atoms in total. The Balaban J connectivity index is 2.06. The smallest absolute Gasteiger partial charge is 0.417 e. The Morgan fingerprint density at radius 3 is 2.43 bits per heavy atom. The highest BCUT2D eigenvalue weighted by Crippen LogP contribution is 2.17. The van der Waals surface area contributed by atoms with Crippen molar-refractivity contribution in [3.8, 4) is 5.75 Å². The number of nitrogens with one attached hydrogen (secondary N) is 1. The first-order valence-corrected chi connectivity index (χ1v) is 6.02. The van der Waals surface area contributed by atoms with Crippen molar-refractivity contribution in [3.63, 3.8) is 0 Å². The van der Waals surface area contributed by atoms with Gasteiger partial charge in [-0.1, -0.05) is 18.2 Å². The number of hydrogen-bond acceptors (Lipinski definition) is 4. The monoisotopic (exact) mass is 289 g/mol. The Morgan fingerprint density at radius 1 is 1.10 bits per heavy atom. The van der Waals surface area contributed by atoms with E-state index >= 15 is 0 Å². The Labute approximate surface area is 120 Å². The number of hydrogen-bond donors (Lipinski definition) is 1. The van der Waals surface area contributed by atoms with Crippen LogP contribution in [0.3, 0.4) is 0 Å². The number of anilines is 1. The highest BCUT2D eigenvalue weighted by molar-refractivity contribution is 5.91. The summed E-state index contributed by atoms with van der Waals surface area (Å²) in [4.78, 5) is 22.9. The molecule has 0 aliphatic heterocycles. The van der Waals surface area contributed by atoms with Crippen LogP contribution in [0.15, 0.2) is 48.5 Å². The number of methoxy groups -OCH3 is 1. The molecule has 1 amide bonds. The summed E-state index contributed by atoms with van der Waals surface area (Å²) < 4.78 is 23.2. The molecule has 0 saturated carbocycles. The molecular formula is C15H12FNO4. The van der Waals surface area contributed by atoms with Crippen molar-refractivity contribution in [2.24, 2.45) is 0 Å². The topological polar surface area (TPSA) is 64.6 Å². The minimum Gasteiger partial charge on any atom is -0.465 e. The molecule has 2 rings (SSSR count). The van der Waals surface area contributed by atoms with Crippen molar-refractivity contribution in [3.05, 3.63) is 59.9 Å². The van der Waals surface area contributed by atoms with E-state index in [0.717, 1.165) is 6.07 Å². The van der Waals surface area contributed by atoms with Crippen LogP contribution in [0.4, 0.5) is 14.9 Å². The van der Waals surface area contributed by atoms with Crippen LogP contribution in [-0.2, 0) is 4.74 Å². The van der Waals surface area contributed by atoms with Gasteiger partial charge in [0.05, 0.1) is 18.4 Å². The standard InChI is InChI=1S/C15H12FNO4/c1-20-14(18)10-7-8-13(12(16)9-10)17-15(19)21-11-5-3-2-4-6-11/h2-9H,1H3,(H,17,19). The predicted molar refractivity (Wildman–Crippen MR) is 73.8 cm³/mol. The number of esters is 1. The average Bonchev–Trinajstić information content (AvgIpc) is 2.49. The van der Waals surface area contributed by atoms with Crippen LogP contribution >= 0.6 is 0 Å². The molecule has 1 N–H and O–H groups in total. The van der Waals surface area contributed by atoms with Crippen molar-refractivity contribution < 1.29 is 23.5 Å². The summed E-state index contributed by atoms with van der Waals surface area (Å²) in [5.41, 5.74) is -0.0411. The van der Waals surface area contributed by atoms with Gasteiger partial charge in [-0.15, -0.1) is 0 Å². The second kappa shape index (κ2) is 6.51. The number of para-hydroxylation sites is 1. The van der Waals surface area contributed by atoms with Gasteiger partial charge in [0, 0.05) is 0 Å². The van der Waals surface area contributed by atoms with Crippen LogP contribution < -0.4 is 10.1 Å². The number of benzene rings is 2. The lowest BCUT2D eigenvalue weighted by atomic mass is 10.2. The molecule has 0 heterocycles. The van der Waals surface area contributed by atoms with E-state index in [1.165, 1.54) is 19.2 Å². The van der Waals surface area contributed by atoms with Gasteiger partial charge in [-0.25, -0.2) is 14.0 Å². The van der Waals surface area contributed by atoms with E-state index in [4.69, 9.17) is 4.74 Å². The van der Waals surface area contributed by atoms with Gasteiger partial charge in [-0.3, -0.25) is 5.32 Å². The number of amides is 1. The normalized spacial score (nSPS) is 9.81. The molecule has 0 aromatic heterocycles. The van der Waals surface area contributed by atoms with Crippen LogP contribution in [0.25, 0.3) is 0 Å². The summed E-state index contributed by atoms with van der Waals surface area (Å²) in [5.74, 6) is -1.09. The third-order valence-corrected chi connectivity index (χ3v) is 2.58. The highest BCUT2D eigenvalue weighted by Gasteiger charge is 2.12. The lowest BCUT2D eigenvalue weighted by Gasteiger charge is -2.08. The van der Waals surface area contributed by atoms with Crippen molar-refractivity contribution in [2.75, 3.05) is 12.4 Å². The molecular weight excluding hydrogens is 277 g/mol. The molecule has 0 atom stereocenters. The summed E-state index contributed by atoms with van der Waals surface area (Å²) in [6.07, 6.45) is -0.828. The van der Waals surface area contributed by atoms with Gasteiger partial charge in [0.15, 0.2) is 0 Å². The highest BCUT2D eigenvalue weighted by atomic mass is 19.1. The fraction of sp³-hybridized carbons (Fsp3) is 0.0667. The summed E-state index contributed by atoms with van der Waals surface area (Å²) in [6.45, 7) is 0. The first-order chi connectivity index (χ1) is 10.1. The molecule has 2 aromatic carbocycles. The molecule has 0 radical (unpaired) electrons. The average molecular weight is 289 g/mol. The fourth-order valence-corrected chi connectivity index (χ4v) is 1.59. The van der Waals surface area contributed by atoms with Crippen LogP contribution in [0.2, 0.25) is 0 Å². The second-order valence-corrected chi connectivity index (χ2v) is 4.01. The summed E-state index contributed by atoms with van der Waals surface area (Å²) in [5, 5.41) is 2.25. The number of rotatable bonds is 3. The maximum atomic E-state index is 13.8. The zero-order valence-electron chi connectivity index (χ0n) is 11.1. The van der Waals surface area contributed by atoms with E-state index in [9.17, 15) is 14.0 Å². The van der Waals surface area contributed by atoms with Gasteiger partial charge in [0.2, 0.25) is 0 Å². The molecule has 0 saturated heterocycles. The van der Waals surface area contributed by atoms with E-state index in [1.54, 1.807) is 30.3 Å². The van der Waals surface area contributed by atoms with Gasteiger partial charge < -0.3 is 9.47 Å². The molecule has 0 unspecified atom stereocenters. The van der Waals surface area contributed by atoms with Crippen molar-refractivity contribution >= 4 is 17.7 Å². The maximum absolute atomic E-state index is 13.8.